The van der Waals surface area contributed by atoms with Crippen LogP contribution in [0.3, 0.4) is 0 Å². The minimum absolute atomic E-state index is 0.432. The second-order valence-corrected chi connectivity index (χ2v) is 11.0. The molecule has 198 valence electrons. The Morgan fingerprint density at radius 3 is 2.08 bits per heavy atom. The number of likely N-dealkylation sites (tertiary alicyclic amines) is 1. The Morgan fingerprint density at radius 1 is 0.846 bits per heavy atom. The van der Waals surface area contributed by atoms with E-state index in [0.717, 1.165) is 69.5 Å². The Labute approximate surface area is 232 Å². The number of methoxy groups -OCH3 is 2. The molecule has 1 fully saturated rings. The van der Waals surface area contributed by atoms with E-state index in [-0.39, 0.29) is 0 Å². The predicted octanol–water partition coefficient (Wildman–Crippen LogP) is 7.27. The zero-order chi connectivity index (χ0) is 26.8. The number of aryl methyl sites for hydroxylation is 1. The Bertz CT molecular complexity index is 1430. The quantitative estimate of drug-likeness (QED) is 0.270. The molecule has 3 aliphatic rings. The SMILES string of the molecule is COc1cc2c(cc1OC)C(C#N)(CCCN1CCC(=C3c4ccccc4C=Cc4ccccc43)CC1)CC2. The Hall–Kier alpha value is -3.81. The number of ether oxygens (including phenoxy) is 2. The van der Waals surface area contributed by atoms with E-state index >= 15 is 0 Å². The first-order chi connectivity index (χ1) is 19.2. The highest BCUT2D eigenvalue weighted by Crippen LogP contribution is 2.46. The topological polar surface area (TPSA) is 45.5 Å². The molecule has 0 N–H and O–H groups in total. The van der Waals surface area contributed by atoms with Crippen molar-refractivity contribution in [2.24, 2.45) is 0 Å². The van der Waals surface area contributed by atoms with Gasteiger partial charge in [0.1, 0.15) is 0 Å². The minimum atomic E-state index is -0.432. The minimum Gasteiger partial charge on any atom is -0.493 e. The molecule has 3 aromatic rings. The van der Waals surface area contributed by atoms with Crippen LogP contribution in [-0.4, -0.2) is 38.8 Å². The molecule has 0 spiro atoms. The molecule has 1 heterocycles. The first kappa shape index (κ1) is 25.5. The van der Waals surface area contributed by atoms with Gasteiger partial charge in [0.05, 0.1) is 25.7 Å². The van der Waals surface area contributed by atoms with Gasteiger partial charge in [-0.2, -0.15) is 5.26 Å². The van der Waals surface area contributed by atoms with Crippen molar-refractivity contribution >= 4 is 17.7 Å². The van der Waals surface area contributed by atoms with E-state index in [1.54, 1.807) is 19.8 Å². The first-order valence-electron chi connectivity index (χ1n) is 14.1. The number of hydrogen-bond acceptors (Lipinski definition) is 4. The molecule has 1 saturated heterocycles. The number of benzene rings is 3. The maximum Gasteiger partial charge on any atom is 0.161 e. The van der Waals surface area contributed by atoms with Crippen molar-refractivity contribution in [3.8, 4) is 17.6 Å². The summed E-state index contributed by atoms with van der Waals surface area (Å²) in [5.74, 6) is 1.46. The first-order valence-corrected chi connectivity index (χ1v) is 14.1. The van der Waals surface area contributed by atoms with Crippen LogP contribution in [0.5, 0.6) is 11.5 Å². The lowest BCUT2D eigenvalue weighted by molar-refractivity contribution is 0.245. The van der Waals surface area contributed by atoms with Crippen LogP contribution >= 0.6 is 0 Å². The van der Waals surface area contributed by atoms with E-state index in [2.05, 4.69) is 77.7 Å². The number of nitriles is 1. The normalized spacial score (nSPS) is 20.0. The number of fused-ring (bicyclic) bond motifs is 3. The monoisotopic (exact) mass is 516 g/mol. The molecule has 0 saturated carbocycles. The second-order valence-electron chi connectivity index (χ2n) is 11.0. The lowest BCUT2D eigenvalue weighted by Crippen LogP contribution is -2.33. The fourth-order valence-corrected chi connectivity index (χ4v) is 6.83. The maximum absolute atomic E-state index is 10.3. The highest BCUT2D eigenvalue weighted by atomic mass is 16.5. The summed E-state index contributed by atoms with van der Waals surface area (Å²) < 4.78 is 11.1. The lowest BCUT2D eigenvalue weighted by atomic mass is 9.79. The van der Waals surface area contributed by atoms with Gasteiger partial charge in [0.2, 0.25) is 0 Å². The molecule has 1 aliphatic heterocycles. The molecule has 0 radical (unpaired) electrons. The van der Waals surface area contributed by atoms with E-state index in [0.29, 0.717) is 5.75 Å². The van der Waals surface area contributed by atoms with Crippen LogP contribution < -0.4 is 9.47 Å². The van der Waals surface area contributed by atoms with E-state index < -0.39 is 5.41 Å². The van der Waals surface area contributed by atoms with Gasteiger partial charge in [-0.3, -0.25) is 0 Å². The van der Waals surface area contributed by atoms with Crippen molar-refractivity contribution in [3.05, 3.63) is 99.6 Å². The van der Waals surface area contributed by atoms with Crippen molar-refractivity contribution in [3.63, 3.8) is 0 Å². The number of rotatable bonds is 6. The summed E-state index contributed by atoms with van der Waals surface area (Å²) in [5.41, 5.74) is 10.2. The molecule has 0 aromatic heterocycles. The molecule has 1 unspecified atom stereocenters. The molecular formula is C35H36N2O2. The zero-order valence-electron chi connectivity index (χ0n) is 23.0. The number of hydrogen-bond donors (Lipinski definition) is 0. The summed E-state index contributed by atoms with van der Waals surface area (Å²) in [6.07, 6.45) is 10.4. The van der Waals surface area contributed by atoms with Gasteiger partial charge in [0.15, 0.2) is 11.5 Å². The van der Waals surface area contributed by atoms with Crippen molar-refractivity contribution in [1.29, 1.82) is 5.26 Å². The molecule has 39 heavy (non-hydrogen) atoms. The van der Waals surface area contributed by atoms with Gasteiger partial charge >= 0.3 is 0 Å². The summed E-state index contributed by atoms with van der Waals surface area (Å²) in [7, 11) is 3.33. The van der Waals surface area contributed by atoms with Gasteiger partial charge in [-0.25, -0.2) is 0 Å². The molecule has 0 amide bonds. The third-order valence-electron chi connectivity index (χ3n) is 8.95. The molecule has 0 bridgehead atoms. The van der Waals surface area contributed by atoms with E-state index in [9.17, 15) is 5.26 Å². The molecular weight excluding hydrogens is 480 g/mol. The van der Waals surface area contributed by atoms with Gasteiger partial charge in [-0.15, -0.1) is 0 Å². The zero-order valence-corrected chi connectivity index (χ0v) is 23.0. The van der Waals surface area contributed by atoms with Gasteiger partial charge in [-0.1, -0.05) is 66.3 Å². The highest BCUT2D eigenvalue weighted by molar-refractivity contribution is 5.94. The summed E-state index contributed by atoms with van der Waals surface area (Å²) >= 11 is 0. The van der Waals surface area contributed by atoms with Crippen LogP contribution in [0.15, 0.2) is 66.2 Å². The molecule has 3 aromatic carbocycles. The van der Waals surface area contributed by atoms with Crippen molar-refractivity contribution in [1.82, 2.24) is 4.90 Å². The van der Waals surface area contributed by atoms with Crippen LogP contribution in [0.2, 0.25) is 0 Å². The standard InChI is InChI=1S/C35H36N2O2/c1-38-32-22-28-14-18-35(24-36,31(28)23-33(32)39-2)17-7-19-37-20-15-27(16-21-37)34-29-10-5-3-8-25(29)12-13-26-9-4-6-11-30(26)34/h3-6,8-13,22-23H,7,14-21H2,1-2H3. The van der Waals surface area contributed by atoms with Crippen LogP contribution in [0, 0.1) is 11.3 Å². The molecule has 4 heteroatoms. The fourth-order valence-electron chi connectivity index (χ4n) is 6.83. The summed E-state index contributed by atoms with van der Waals surface area (Å²) in [6.45, 7) is 3.17. The van der Waals surface area contributed by atoms with E-state index in [1.165, 1.54) is 33.4 Å². The van der Waals surface area contributed by atoms with E-state index in [4.69, 9.17) is 9.47 Å². The third-order valence-corrected chi connectivity index (χ3v) is 8.95. The maximum atomic E-state index is 10.3. The Balaban J connectivity index is 1.16. The van der Waals surface area contributed by atoms with Crippen molar-refractivity contribution in [2.75, 3.05) is 33.9 Å². The molecule has 2 aliphatic carbocycles. The smallest absolute Gasteiger partial charge is 0.161 e. The molecule has 1 atom stereocenters. The van der Waals surface area contributed by atoms with Crippen LogP contribution in [0.25, 0.3) is 17.7 Å². The Morgan fingerprint density at radius 2 is 1.46 bits per heavy atom. The predicted molar refractivity (Wildman–Crippen MR) is 158 cm³/mol. The third kappa shape index (κ3) is 4.66. The molecule has 4 nitrogen and oxygen atoms in total. The van der Waals surface area contributed by atoms with Gasteiger partial charge in [0.25, 0.3) is 0 Å². The number of nitrogens with zero attached hydrogens (tertiary/aromatic N) is 2. The number of piperidine rings is 1. The van der Waals surface area contributed by atoms with Crippen molar-refractivity contribution < 1.29 is 9.47 Å². The van der Waals surface area contributed by atoms with Crippen LogP contribution in [0.1, 0.15) is 65.5 Å². The van der Waals surface area contributed by atoms with Gasteiger partial charge < -0.3 is 14.4 Å². The fraction of sp³-hybridized carbons (Fsp3) is 0.343. The lowest BCUT2D eigenvalue weighted by Gasteiger charge is -2.31. The van der Waals surface area contributed by atoms with Crippen LogP contribution in [-0.2, 0) is 11.8 Å². The van der Waals surface area contributed by atoms with Gasteiger partial charge in [0, 0.05) is 13.1 Å². The Kier molecular flexibility index (Phi) is 7.02. The average Bonchev–Trinajstić information content (AvgIpc) is 3.25. The van der Waals surface area contributed by atoms with Crippen molar-refractivity contribution in [2.45, 2.75) is 43.9 Å². The molecule has 6 rings (SSSR count). The van der Waals surface area contributed by atoms with Gasteiger partial charge in [-0.05, 0) is 96.2 Å². The second kappa shape index (κ2) is 10.8. The largest absolute Gasteiger partial charge is 0.493 e. The summed E-state index contributed by atoms with van der Waals surface area (Å²) in [5, 5.41) is 10.3. The van der Waals surface area contributed by atoms with E-state index in [1.807, 2.05) is 6.07 Å². The average molecular weight is 517 g/mol. The highest BCUT2D eigenvalue weighted by Gasteiger charge is 2.40. The summed E-state index contributed by atoms with van der Waals surface area (Å²) in [6, 6.07) is 24.4. The van der Waals surface area contributed by atoms with Crippen LogP contribution in [0.4, 0.5) is 0 Å². The summed E-state index contributed by atoms with van der Waals surface area (Å²) in [4.78, 5) is 2.59.